The zero-order valence-corrected chi connectivity index (χ0v) is 6.19. The molecule has 0 fully saturated rings. The molecule has 0 atom stereocenters. The number of para-hydroxylation sites is 1. The Morgan fingerprint density at radius 1 is 1.50 bits per heavy atom. The third-order valence-electron chi connectivity index (χ3n) is 1.34. The van der Waals surface area contributed by atoms with Gasteiger partial charge >= 0.3 is 0 Å². The second-order valence-corrected chi connectivity index (χ2v) is 3.19. The fourth-order valence-corrected chi connectivity index (χ4v) is 1.68. The van der Waals surface area contributed by atoms with Crippen LogP contribution < -0.4 is 0 Å². The van der Waals surface area contributed by atoms with E-state index in [9.17, 15) is 0 Å². The van der Waals surface area contributed by atoms with E-state index in [0.717, 1.165) is 10.5 Å². The van der Waals surface area contributed by atoms with E-state index in [2.05, 4.69) is 4.98 Å². The molecule has 0 radical (unpaired) electrons. The zero-order valence-electron chi connectivity index (χ0n) is 6.37. The molecular weight excluding hydrogens is 142 g/mol. The van der Waals surface area contributed by atoms with Crippen molar-refractivity contribution in [3.05, 3.63) is 29.3 Å². The van der Waals surface area contributed by atoms with Crippen molar-refractivity contribution in [2.24, 2.45) is 0 Å². The van der Waals surface area contributed by atoms with Crippen LogP contribution in [0.5, 0.6) is 0 Å². The molecule has 1 aromatic carbocycles. The summed E-state index contributed by atoms with van der Waals surface area (Å²) in [6.45, 7) is 0.291. The van der Waals surface area contributed by atoms with Crippen LogP contribution >= 0.6 is 11.3 Å². The molecule has 0 unspecified atom stereocenters. The molecule has 50 valence electrons. The number of nitrogens with zero attached hydrogens (tertiary/aromatic N) is 1. The second-order valence-electron chi connectivity index (χ2n) is 2.08. The largest absolute Gasteiger partial charge is 0.242 e. The highest BCUT2D eigenvalue weighted by molar-refractivity contribution is 7.18. The topological polar surface area (TPSA) is 12.9 Å². The highest BCUT2D eigenvalue weighted by atomic mass is 32.1. The van der Waals surface area contributed by atoms with Crippen molar-refractivity contribution in [1.29, 1.82) is 0 Å². The SMILES string of the molecule is [2H]Cc1nc2ccccc2s1. The van der Waals surface area contributed by atoms with Crippen LogP contribution in [0.1, 0.15) is 6.38 Å². The molecule has 0 amide bonds. The fourth-order valence-electron chi connectivity index (χ4n) is 0.920. The summed E-state index contributed by atoms with van der Waals surface area (Å²) in [6.07, 6.45) is 0. The van der Waals surface area contributed by atoms with Gasteiger partial charge in [0.15, 0.2) is 0 Å². The molecule has 0 saturated heterocycles. The van der Waals surface area contributed by atoms with E-state index in [0.29, 0.717) is 6.90 Å². The van der Waals surface area contributed by atoms with Crippen LogP contribution in [0.2, 0.25) is 0 Å². The molecule has 2 heteroatoms. The van der Waals surface area contributed by atoms with Gasteiger partial charge < -0.3 is 0 Å². The average molecular weight is 150 g/mol. The molecule has 1 aromatic heterocycles. The standard InChI is InChI=1S/C8H7NS/c1-6-9-7-4-2-3-5-8(7)10-6/h2-5H,1H3/i1D. The highest BCUT2D eigenvalue weighted by Gasteiger charge is 1.95. The molecule has 0 aliphatic carbocycles. The maximum absolute atomic E-state index is 7.12. The molecule has 0 N–H and O–H groups in total. The predicted molar refractivity (Wildman–Crippen MR) is 44.4 cm³/mol. The summed E-state index contributed by atoms with van der Waals surface area (Å²) in [6, 6.07) is 7.97. The average Bonchev–Trinajstić information content (AvgIpc) is 2.46. The molecule has 0 aliphatic rings. The van der Waals surface area contributed by atoms with Crippen LogP contribution in [-0.4, -0.2) is 4.98 Å². The van der Waals surface area contributed by atoms with Crippen LogP contribution in [0, 0.1) is 6.90 Å². The van der Waals surface area contributed by atoms with Crippen molar-refractivity contribution in [3.8, 4) is 0 Å². The summed E-state index contributed by atoms with van der Waals surface area (Å²) in [4.78, 5) is 4.26. The van der Waals surface area contributed by atoms with E-state index >= 15 is 0 Å². The van der Waals surface area contributed by atoms with Gasteiger partial charge in [0.2, 0.25) is 0 Å². The molecule has 2 aromatic rings. The Labute approximate surface area is 64.7 Å². The van der Waals surface area contributed by atoms with Gasteiger partial charge in [0, 0.05) is 1.37 Å². The first-order valence-corrected chi connectivity index (χ1v) is 3.85. The second kappa shape index (κ2) is 2.06. The van der Waals surface area contributed by atoms with E-state index in [1.807, 2.05) is 24.3 Å². The summed E-state index contributed by atoms with van der Waals surface area (Å²) in [5.41, 5.74) is 1.01. The van der Waals surface area contributed by atoms with E-state index in [1.54, 1.807) is 11.3 Å². The number of rotatable bonds is 0. The monoisotopic (exact) mass is 150 g/mol. The van der Waals surface area contributed by atoms with Gasteiger partial charge in [0.25, 0.3) is 0 Å². The van der Waals surface area contributed by atoms with E-state index < -0.39 is 0 Å². The number of aryl methyl sites for hydroxylation is 1. The summed E-state index contributed by atoms with van der Waals surface area (Å²) in [5.74, 6) is 0. The van der Waals surface area contributed by atoms with Crippen LogP contribution in [-0.2, 0) is 0 Å². The predicted octanol–water partition coefficient (Wildman–Crippen LogP) is 2.60. The highest BCUT2D eigenvalue weighted by Crippen LogP contribution is 2.19. The Hall–Kier alpha value is -0.890. The van der Waals surface area contributed by atoms with Crippen molar-refractivity contribution in [3.63, 3.8) is 0 Å². The van der Waals surface area contributed by atoms with Crippen LogP contribution in [0.15, 0.2) is 24.3 Å². The third-order valence-corrected chi connectivity index (χ3v) is 2.23. The number of fused-ring (bicyclic) bond motifs is 1. The zero-order chi connectivity index (χ0) is 7.68. The third kappa shape index (κ3) is 0.809. The van der Waals surface area contributed by atoms with Crippen molar-refractivity contribution in [2.45, 2.75) is 6.90 Å². The number of thiazole rings is 1. The van der Waals surface area contributed by atoms with Crippen molar-refractivity contribution < 1.29 is 1.37 Å². The van der Waals surface area contributed by atoms with Gasteiger partial charge in [-0.05, 0) is 19.0 Å². The van der Waals surface area contributed by atoms with Gasteiger partial charge in [-0.15, -0.1) is 11.3 Å². The van der Waals surface area contributed by atoms with E-state index in [-0.39, 0.29) is 0 Å². The minimum absolute atomic E-state index is 0.291. The van der Waals surface area contributed by atoms with Crippen molar-refractivity contribution in [1.82, 2.24) is 4.98 Å². The lowest BCUT2D eigenvalue weighted by atomic mass is 10.3. The molecule has 1 heterocycles. The fraction of sp³-hybridized carbons (Fsp3) is 0.125. The lowest BCUT2D eigenvalue weighted by Gasteiger charge is -1.80. The molecule has 0 spiro atoms. The first-order valence-electron chi connectivity index (χ1n) is 3.74. The lowest BCUT2D eigenvalue weighted by molar-refractivity contribution is 1.35. The number of hydrogen-bond donors (Lipinski definition) is 0. The Bertz CT molecular complexity index is 336. The Morgan fingerprint density at radius 3 is 3.20 bits per heavy atom. The summed E-state index contributed by atoms with van der Waals surface area (Å²) in [5, 5.41) is 0.895. The Balaban J connectivity index is 2.69. The van der Waals surface area contributed by atoms with Gasteiger partial charge in [-0.25, -0.2) is 4.98 Å². The Morgan fingerprint density at radius 2 is 2.40 bits per heavy atom. The van der Waals surface area contributed by atoms with E-state index in [1.165, 1.54) is 4.70 Å². The van der Waals surface area contributed by atoms with Crippen LogP contribution in [0.3, 0.4) is 0 Å². The molecule has 2 rings (SSSR count). The Kier molecular flexibility index (Phi) is 1.000. The first kappa shape index (κ1) is 4.85. The van der Waals surface area contributed by atoms with Gasteiger partial charge in [-0.1, -0.05) is 12.1 Å². The molecular formula is C8H7NS. The molecule has 10 heavy (non-hydrogen) atoms. The van der Waals surface area contributed by atoms with Gasteiger partial charge in [0.05, 0.1) is 15.2 Å². The lowest BCUT2D eigenvalue weighted by Crippen LogP contribution is -1.65. The van der Waals surface area contributed by atoms with Gasteiger partial charge in [0.1, 0.15) is 0 Å². The van der Waals surface area contributed by atoms with Gasteiger partial charge in [-0.3, -0.25) is 0 Å². The molecule has 0 saturated carbocycles. The summed E-state index contributed by atoms with van der Waals surface area (Å²) in [7, 11) is 0. The maximum atomic E-state index is 7.12. The maximum Gasteiger partial charge on any atom is 0.0907 e. The molecule has 0 bridgehead atoms. The number of benzene rings is 1. The smallest absolute Gasteiger partial charge is 0.0907 e. The summed E-state index contributed by atoms with van der Waals surface area (Å²) >= 11 is 1.60. The quantitative estimate of drug-likeness (QED) is 0.562. The van der Waals surface area contributed by atoms with Crippen LogP contribution in [0.4, 0.5) is 0 Å². The van der Waals surface area contributed by atoms with E-state index in [4.69, 9.17) is 1.37 Å². The normalized spacial score (nSPS) is 11.8. The summed E-state index contributed by atoms with van der Waals surface area (Å²) < 4.78 is 8.30. The number of hydrogen-bond acceptors (Lipinski definition) is 2. The van der Waals surface area contributed by atoms with Crippen LogP contribution in [0.25, 0.3) is 10.2 Å². The molecule has 0 aliphatic heterocycles. The van der Waals surface area contributed by atoms with Crippen molar-refractivity contribution in [2.75, 3.05) is 0 Å². The minimum Gasteiger partial charge on any atom is -0.242 e. The first-order chi connectivity index (χ1) is 5.40. The van der Waals surface area contributed by atoms with Gasteiger partial charge in [-0.2, -0.15) is 0 Å². The minimum atomic E-state index is 0.291. The van der Waals surface area contributed by atoms with Crippen molar-refractivity contribution >= 4 is 21.6 Å². The number of aromatic nitrogens is 1. The molecule has 1 nitrogen and oxygen atoms in total.